The number of carbonyl (C=O) groups is 1. The van der Waals surface area contributed by atoms with Gasteiger partial charge in [0.05, 0.1) is 6.04 Å². The standard InChI is InChI=1S/C19H27N7O/c1-24(19(27)20-14-7-2-3-8-14)15-11-25(12-15)17-10-9-16-21-22-18(26(16)23-17)13-5-4-6-13/h9-10,13-15H,2-8,11-12H2,1H3,(H,20,27). The van der Waals surface area contributed by atoms with Crippen molar-refractivity contribution in [2.75, 3.05) is 25.0 Å². The molecule has 2 aromatic rings. The summed E-state index contributed by atoms with van der Waals surface area (Å²) in [5.74, 6) is 2.42. The number of likely N-dealkylation sites (N-methyl/N-ethyl adjacent to an activating group) is 1. The fourth-order valence-corrected chi connectivity index (χ4v) is 4.29. The average Bonchev–Trinajstić information content (AvgIpc) is 3.22. The van der Waals surface area contributed by atoms with E-state index >= 15 is 0 Å². The first-order chi connectivity index (χ1) is 13.2. The van der Waals surface area contributed by atoms with Gasteiger partial charge in [0.2, 0.25) is 0 Å². The van der Waals surface area contributed by atoms with Crippen LogP contribution >= 0.6 is 0 Å². The molecule has 0 bridgehead atoms. The summed E-state index contributed by atoms with van der Waals surface area (Å²) in [5.41, 5.74) is 0.811. The molecule has 3 aliphatic rings. The maximum absolute atomic E-state index is 12.4. The number of urea groups is 1. The van der Waals surface area contributed by atoms with E-state index in [1.807, 2.05) is 28.6 Å². The molecular formula is C19H27N7O. The molecule has 5 rings (SSSR count). The molecular weight excluding hydrogens is 342 g/mol. The number of hydrogen-bond acceptors (Lipinski definition) is 5. The highest BCUT2D eigenvalue weighted by molar-refractivity contribution is 5.75. The van der Waals surface area contributed by atoms with E-state index in [2.05, 4.69) is 20.4 Å². The molecule has 2 aliphatic carbocycles. The molecule has 8 heteroatoms. The van der Waals surface area contributed by atoms with Gasteiger partial charge in [-0.3, -0.25) is 0 Å². The average molecular weight is 369 g/mol. The van der Waals surface area contributed by atoms with Crippen LogP contribution in [0.3, 0.4) is 0 Å². The van der Waals surface area contributed by atoms with E-state index in [0.717, 1.165) is 43.2 Å². The summed E-state index contributed by atoms with van der Waals surface area (Å²) in [6.07, 6.45) is 8.31. The molecule has 3 fully saturated rings. The highest BCUT2D eigenvalue weighted by Gasteiger charge is 2.34. The molecule has 0 atom stereocenters. The summed E-state index contributed by atoms with van der Waals surface area (Å²) in [6.45, 7) is 1.63. The zero-order chi connectivity index (χ0) is 18.4. The molecule has 8 nitrogen and oxygen atoms in total. The number of nitrogens with one attached hydrogen (secondary N) is 1. The number of anilines is 1. The number of carbonyl (C=O) groups excluding carboxylic acids is 1. The summed E-state index contributed by atoms with van der Waals surface area (Å²) < 4.78 is 1.91. The Bertz CT molecular complexity index is 834. The van der Waals surface area contributed by atoms with Crippen LogP contribution in [0.2, 0.25) is 0 Å². The predicted octanol–water partition coefficient (Wildman–Crippen LogP) is 2.16. The Kier molecular flexibility index (Phi) is 4.13. The Balaban J connectivity index is 1.23. The quantitative estimate of drug-likeness (QED) is 0.893. The van der Waals surface area contributed by atoms with E-state index in [9.17, 15) is 4.79 Å². The molecule has 144 valence electrons. The van der Waals surface area contributed by atoms with Crippen LogP contribution in [0, 0.1) is 0 Å². The molecule has 2 amide bonds. The van der Waals surface area contributed by atoms with Crippen LogP contribution in [-0.4, -0.2) is 63.0 Å². The van der Waals surface area contributed by atoms with Crippen molar-refractivity contribution in [3.8, 4) is 0 Å². The van der Waals surface area contributed by atoms with E-state index in [0.29, 0.717) is 12.0 Å². The smallest absolute Gasteiger partial charge is 0.317 e. The first-order valence-electron chi connectivity index (χ1n) is 10.2. The van der Waals surface area contributed by atoms with Crippen molar-refractivity contribution in [3.05, 3.63) is 18.0 Å². The number of rotatable bonds is 4. The van der Waals surface area contributed by atoms with Crippen LogP contribution in [0.1, 0.15) is 56.7 Å². The molecule has 0 unspecified atom stereocenters. The highest BCUT2D eigenvalue weighted by Crippen LogP contribution is 2.35. The van der Waals surface area contributed by atoms with E-state index in [1.165, 1.54) is 32.1 Å². The van der Waals surface area contributed by atoms with Crippen LogP contribution in [-0.2, 0) is 0 Å². The van der Waals surface area contributed by atoms with Crippen LogP contribution in [0.25, 0.3) is 5.65 Å². The van der Waals surface area contributed by atoms with Crippen molar-refractivity contribution < 1.29 is 4.79 Å². The summed E-state index contributed by atoms with van der Waals surface area (Å²) in [4.78, 5) is 16.5. The van der Waals surface area contributed by atoms with Crippen molar-refractivity contribution >= 4 is 17.5 Å². The molecule has 1 saturated heterocycles. The second-order valence-electron chi connectivity index (χ2n) is 8.25. The Morgan fingerprint density at radius 3 is 2.59 bits per heavy atom. The normalized spacial score (nSPS) is 21.3. The molecule has 1 aliphatic heterocycles. The lowest BCUT2D eigenvalue weighted by Crippen LogP contribution is -2.62. The second-order valence-corrected chi connectivity index (χ2v) is 8.25. The van der Waals surface area contributed by atoms with Crippen molar-refractivity contribution in [1.82, 2.24) is 30.0 Å². The van der Waals surface area contributed by atoms with Crippen molar-refractivity contribution in [2.24, 2.45) is 0 Å². The zero-order valence-corrected chi connectivity index (χ0v) is 15.8. The van der Waals surface area contributed by atoms with Gasteiger partial charge in [0.25, 0.3) is 0 Å². The molecule has 0 aromatic carbocycles. The molecule has 27 heavy (non-hydrogen) atoms. The van der Waals surface area contributed by atoms with Gasteiger partial charge >= 0.3 is 6.03 Å². The van der Waals surface area contributed by atoms with Gasteiger partial charge in [-0.15, -0.1) is 15.3 Å². The van der Waals surface area contributed by atoms with Crippen LogP contribution in [0.5, 0.6) is 0 Å². The maximum Gasteiger partial charge on any atom is 0.317 e. The van der Waals surface area contributed by atoms with E-state index in [-0.39, 0.29) is 12.1 Å². The Hall–Kier alpha value is -2.38. The molecule has 2 aromatic heterocycles. The first kappa shape index (κ1) is 16.8. The van der Waals surface area contributed by atoms with Gasteiger partial charge in [-0.2, -0.15) is 4.52 Å². The monoisotopic (exact) mass is 369 g/mol. The van der Waals surface area contributed by atoms with Crippen LogP contribution in [0.4, 0.5) is 10.6 Å². The van der Waals surface area contributed by atoms with Gasteiger partial charge < -0.3 is 15.1 Å². The van der Waals surface area contributed by atoms with E-state index in [1.54, 1.807) is 0 Å². The van der Waals surface area contributed by atoms with Crippen molar-refractivity contribution in [2.45, 2.75) is 62.9 Å². The lowest BCUT2D eigenvalue weighted by Gasteiger charge is -2.44. The minimum atomic E-state index is 0.0565. The van der Waals surface area contributed by atoms with Crippen molar-refractivity contribution in [3.63, 3.8) is 0 Å². The third-order valence-electron chi connectivity index (χ3n) is 6.48. The summed E-state index contributed by atoms with van der Waals surface area (Å²) in [6, 6.07) is 4.64. The van der Waals surface area contributed by atoms with Gasteiger partial charge in [-0.25, -0.2) is 4.79 Å². The fraction of sp³-hybridized carbons (Fsp3) is 0.684. The van der Waals surface area contributed by atoms with E-state index < -0.39 is 0 Å². The van der Waals surface area contributed by atoms with Gasteiger partial charge in [-0.1, -0.05) is 19.3 Å². The number of hydrogen-bond donors (Lipinski definition) is 1. The first-order valence-corrected chi connectivity index (χ1v) is 10.2. The predicted molar refractivity (Wildman–Crippen MR) is 102 cm³/mol. The summed E-state index contributed by atoms with van der Waals surface area (Å²) >= 11 is 0. The number of aromatic nitrogens is 4. The molecule has 0 radical (unpaired) electrons. The molecule has 0 spiro atoms. The van der Waals surface area contributed by atoms with Crippen LogP contribution < -0.4 is 10.2 Å². The highest BCUT2D eigenvalue weighted by atomic mass is 16.2. The second kappa shape index (κ2) is 6.65. The van der Waals surface area contributed by atoms with Gasteiger partial charge in [0.15, 0.2) is 11.5 Å². The van der Waals surface area contributed by atoms with Gasteiger partial charge in [0, 0.05) is 32.1 Å². The third-order valence-corrected chi connectivity index (χ3v) is 6.48. The Labute approximate surface area is 158 Å². The fourth-order valence-electron chi connectivity index (χ4n) is 4.29. The van der Waals surface area contributed by atoms with Crippen LogP contribution in [0.15, 0.2) is 12.1 Å². The molecule has 2 saturated carbocycles. The minimum Gasteiger partial charge on any atom is -0.351 e. The maximum atomic E-state index is 12.4. The van der Waals surface area contributed by atoms with E-state index in [4.69, 9.17) is 5.10 Å². The third kappa shape index (κ3) is 3.00. The zero-order valence-electron chi connectivity index (χ0n) is 15.8. The lowest BCUT2D eigenvalue weighted by atomic mass is 9.85. The Morgan fingerprint density at radius 2 is 1.89 bits per heavy atom. The number of amides is 2. The summed E-state index contributed by atoms with van der Waals surface area (Å²) in [7, 11) is 1.90. The van der Waals surface area contributed by atoms with Crippen molar-refractivity contribution in [1.29, 1.82) is 0 Å². The summed E-state index contributed by atoms with van der Waals surface area (Å²) in [5, 5.41) is 16.5. The molecule has 1 N–H and O–H groups in total. The SMILES string of the molecule is CN(C(=O)NC1CCCC1)C1CN(c2ccc3nnc(C4CCC4)n3n2)C1. The lowest BCUT2D eigenvalue weighted by molar-refractivity contribution is 0.175. The number of fused-ring (bicyclic) bond motifs is 1. The van der Waals surface area contributed by atoms with Gasteiger partial charge in [-0.05, 0) is 37.8 Å². The largest absolute Gasteiger partial charge is 0.351 e. The minimum absolute atomic E-state index is 0.0565. The molecule has 3 heterocycles. The Morgan fingerprint density at radius 1 is 1.11 bits per heavy atom. The number of nitrogens with zero attached hydrogens (tertiary/aromatic N) is 6. The van der Waals surface area contributed by atoms with Gasteiger partial charge in [0.1, 0.15) is 5.82 Å². The topological polar surface area (TPSA) is 78.7 Å².